The number of nitrogens with zero attached hydrogens (tertiary/aromatic N) is 3. The predicted molar refractivity (Wildman–Crippen MR) is 245 cm³/mol. The van der Waals surface area contributed by atoms with Gasteiger partial charge in [0.15, 0.2) is 0 Å². The Morgan fingerprint density at radius 2 is 0.969 bits per heavy atom. The fourth-order valence-corrected chi connectivity index (χ4v) is 9.59. The molecule has 0 saturated carbocycles. The van der Waals surface area contributed by atoms with Crippen LogP contribution in [0.5, 0.6) is 0 Å². The summed E-state index contributed by atoms with van der Waals surface area (Å²) in [6, 6.07) is 47.4. The maximum absolute atomic E-state index is 15.0. The van der Waals surface area contributed by atoms with Crippen LogP contribution in [-0.4, -0.2) is 9.13 Å². The van der Waals surface area contributed by atoms with Crippen molar-refractivity contribution < 1.29 is 26.3 Å². The third kappa shape index (κ3) is 6.52. The van der Waals surface area contributed by atoms with Crippen LogP contribution < -0.4 is 0 Å². The van der Waals surface area contributed by atoms with Crippen molar-refractivity contribution in [3.05, 3.63) is 191 Å². The molecule has 0 aliphatic heterocycles. The van der Waals surface area contributed by atoms with Crippen LogP contribution in [0.25, 0.3) is 88.4 Å². The molecule has 2 aromatic heterocycles. The highest BCUT2D eigenvalue weighted by atomic mass is 19.4. The van der Waals surface area contributed by atoms with E-state index in [9.17, 15) is 31.6 Å². The molecule has 9 heteroatoms. The molecule has 10 rings (SSSR count). The molecule has 2 heterocycles. The van der Waals surface area contributed by atoms with E-state index in [2.05, 4.69) is 54.0 Å². The van der Waals surface area contributed by atoms with Gasteiger partial charge < -0.3 is 9.13 Å². The van der Waals surface area contributed by atoms with Crippen molar-refractivity contribution in [1.82, 2.24) is 9.13 Å². The smallest absolute Gasteiger partial charge is 0.307 e. The van der Waals surface area contributed by atoms with Gasteiger partial charge in [0, 0.05) is 27.1 Å². The van der Waals surface area contributed by atoms with E-state index < -0.39 is 23.5 Å². The van der Waals surface area contributed by atoms with Gasteiger partial charge in [-0.05, 0) is 127 Å². The summed E-state index contributed by atoms with van der Waals surface area (Å²) in [5, 5.41) is 14.5. The van der Waals surface area contributed by atoms with E-state index in [1.54, 1.807) is 32.0 Å². The highest BCUT2D eigenvalue weighted by Crippen LogP contribution is 2.46. The van der Waals surface area contributed by atoms with E-state index in [1.165, 1.54) is 12.1 Å². The maximum Gasteiger partial charge on any atom is 0.417 e. The Morgan fingerprint density at radius 1 is 0.438 bits per heavy atom. The van der Waals surface area contributed by atoms with E-state index in [0.29, 0.717) is 39.1 Å². The first-order valence-electron chi connectivity index (χ1n) is 20.7. The monoisotopic (exact) mass is 853 g/mol. The molecule has 0 saturated heterocycles. The molecule has 8 aromatic carbocycles. The highest BCUT2D eigenvalue weighted by molar-refractivity contribution is 6.13. The molecule has 0 spiro atoms. The molecular weight excluding hydrogens is 817 g/mol. The molecule has 0 N–H and O–H groups in total. The van der Waals surface area contributed by atoms with Gasteiger partial charge in [0.25, 0.3) is 0 Å². The molecule has 0 bridgehead atoms. The molecule has 0 atom stereocenters. The van der Waals surface area contributed by atoms with Crippen LogP contribution in [-0.2, 0) is 12.4 Å². The second kappa shape index (κ2) is 14.8. The lowest BCUT2D eigenvalue weighted by atomic mass is 9.90. The Morgan fingerprint density at radius 3 is 1.50 bits per heavy atom. The standard InChI is InChI=1S/C55H37F6N3/c1-31-16-20-39(33(3)24-31)35-17-21-44-42-12-6-8-15-48(42)64(50(44)26-35)52-29-45(53-32(2)10-9-13-46(53)55(59,60)61)37(30-62)28-51(52)63-47-14-7-5-11-41(47)43-22-18-36(27-49(43)63)40-23-19-38(25-34(40)4)54(56,57)58/h5-29H,1-4H3. The van der Waals surface area contributed by atoms with Crippen molar-refractivity contribution in [3.63, 3.8) is 0 Å². The number of aryl methyl sites for hydroxylation is 4. The van der Waals surface area contributed by atoms with Gasteiger partial charge in [-0.1, -0.05) is 103 Å². The number of hydrogen-bond acceptors (Lipinski definition) is 1. The van der Waals surface area contributed by atoms with Crippen LogP contribution in [0.2, 0.25) is 0 Å². The van der Waals surface area contributed by atoms with E-state index in [-0.39, 0.29) is 16.7 Å². The van der Waals surface area contributed by atoms with Gasteiger partial charge in [-0.25, -0.2) is 0 Å². The minimum atomic E-state index is -4.72. The van der Waals surface area contributed by atoms with Crippen LogP contribution >= 0.6 is 0 Å². The van der Waals surface area contributed by atoms with E-state index in [1.807, 2.05) is 78.2 Å². The molecule has 0 fully saturated rings. The number of rotatable bonds is 5. The third-order valence-corrected chi connectivity index (χ3v) is 12.5. The summed E-state index contributed by atoms with van der Waals surface area (Å²) in [6.07, 6.45) is -9.23. The number of fused-ring (bicyclic) bond motifs is 6. The maximum atomic E-state index is 15.0. The van der Waals surface area contributed by atoms with Crippen molar-refractivity contribution in [3.8, 4) is 50.8 Å². The van der Waals surface area contributed by atoms with Crippen molar-refractivity contribution in [2.24, 2.45) is 0 Å². The number of aromatic nitrogens is 2. The Labute approximate surface area is 364 Å². The molecule has 10 aromatic rings. The van der Waals surface area contributed by atoms with Gasteiger partial charge in [-0.15, -0.1) is 0 Å². The van der Waals surface area contributed by atoms with Gasteiger partial charge in [-0.2, -0.15) is 31.6 Å². The van der Waals surface area contributed by atoms with Crippen molar-refractivity contribution in [1.29, 1.82) is 5.26 Å². The average molecular weight is 854 g/mol. The average Bonchev–Trinajstić information content (AvgIpc) is 3.77. The van der Waals surface area contributed by atoms with Crippen LogP contribution in [0.15, 0.2) is 152 Å². The Kier molecular flexibility index (Phi) is 9.35. The van der Waals surface area contributed by atoms with Crippen LogP contribution in [0, 0.1) is 39.0 Å². The summed E-state index contributed by atoms with van der Waals surface area (Å²) in [6.45, 7) is 7.38. The number of nitriles is 1. The fraction of sp³-hybridized carbons (Fsp3) is 0.109. The van der Waals surface area contributed by atoms with Gasteiger partial charge in [0.1, 0.15) is 0 Å². The second-order valence-electron chi connectivity index (χ2n) is 16.5. The first-order chi connectivity index (χ1) is 30.6. The lowest BCUT2D eigenvalue weighted by molar-refractivity contribution is -0.138. The first kappa shape index (κ1) is 40.5. The fourth-order valence-electron chi connectivity index (χ4n) is 9.59. The van der Waals surface area contributed by atoms with Gasteiger partial charge in [0.05, 0.1) is 56.2 Å². The lowest BCUT2D eigenvalue weighted by Crippen LogP contribution is -2.10. The zero-order valence-electron chi connectivity index (χ0n) is 35.0. The van der Waals surface area contributed by atoms with E-state index >= 15 is 0 Å². The summed E-state index contributed by atoms with van der Waals surface area (Å²) in [4.78, 5) is 0. The zero-order valence-corrected chi connectivity index (χ0v) is 35.0. The quantitative estimate of drug-likeness (QED) is 0.159. The normalized spacial score (nSPS) is 12.2. The number of alkyl halides is 6. The summed E-state index contributed by atoms with van der Waals surface area (Å²) in [7, 11) is 0. The molecule has 64 heavy (non-hydrogen) atoms. The second-order valence-corrected chi connectivity index (χ2v) is 16.5. The predicted octanol–water partition coefficient (Wildman–Crippen LogP) is 16.0. The number of benzene rings is 8. The third-order valence-electron chi connectivity index (χ3n) is 12.5. The number of hydrogen-bond donors (Lipinski definition) is 0. The van der Waals surface area contributed by atoms with E-state index in [0.717, 1.165) is 78.5 Å². The summed E-state index contributed by atoms with van der Waals surface area (Å²) in [5.74, 6) is 0. The molecule has 314 valence electrons. The first-order valence-corrected chi connectivity index (χ1v) is 20.7. The minimum absolute atomic E-state index is 0.0379. The Bertz CT molecular complexity index is 3600. The number of halogens is 6. The topological polar surface area (TPSA) is 33.6 Å². The molecule has 0 aliphatic rings. The minimum Gasteiger partial charge on any atom is -0.307 e. The van der Waals surface area contributed by atoms with Gasteiger partial charge in [0.2, 0.25) is 0 Å². The molecule has 0 unspecified atom stereocenters. The van der Waals surface area contributed by atoms with E-state index in [4.69, 9.17) is 0 Å². The van der Waals surface area contributed by atoms with Crippen molar-refractivity contribution in [2.75, 3.05) is 0 Å². The Hall–Kier alpha value is -7.57. The van der Waals surface area contributed by atoms with Crippen LogP contribution in [0.4, 0.5) is 26.3 Å². The van der Waals surface area contributed by atoms with Gasteiger partial charge in [-0.3, -0.25) is 0 Å². The molecule has 0 radical (unpaired) electrons. The molecule has 3 nitrogen and oxygen atoms in total. The highest BCUT2D eigenvalue weighted by Gasteiger charge is 2.36. The lowest BCUT2D eigenvalue weighted by Gasteiger charge is -2.22. The zero-order chi connectivity index (χ0) is 44.8. The number of para-hydroxylation sites is 2. The molecular formula is C55H37F6N3. The summed E-state index contributed by atoms with van der Waals surface area (Å²) < 4.78 is 90.4. The van der Waals surface area contributed by atoms with Crippen molar-refractivity contribution >= 4 is 43.6 Å². The SMILES string of the molecule is Cc1ccc(-c2ccc3c4ccccc4n(-c4cc(-c5c(C)cccc5C(F)(F)F)c(C#N)cc4-n4c5ccccc5c5ccc(-c6ccc(C(F)(F)F)cc6C)cc54)c3c2)c(C)c1. The van der Waals surface area contributed by atoms with Crippen LogP contribution in [0.1, 0.15) is 38.9 Å². The van der Waals surface area contributed by atoms with Crippen LogP contribution in [0.3, 0.4) is 0 Å². The summed E-state index contributed by atoms with van der Waals surface area (Å²) in [5.41, 5.74) is 8.89. The summed E-state index contributed by atoms with van der Waals surface area (Å²) >= 11 is 0. The largest absolute Gasteiger partial charge is 0.417 e. The molecule has 0 amide bonds. The van der Waals surface area contributed by atoms with Gasteiger partial charge >= 0.3 is 12.4 Å². The Balaban J connectivity index is 1.36. The van der Waals surface area contributed by atoms with Crippen molar-refractivity contribution in [2.45, 2.75) is 40.0 Å². The molecule has 0 aliphatic carbocycles.